The highest BCUT2D eigenvalue weighted by Crippen LogP contribution is 2.33. The third-order valence-corrected chi connectivity index (χ3v) is 15.7. The maximum absolute atomic E-state index is 8.52. The maximum Gasteiger partial charge on any atom is 0.212 e. The van der Waals surface area contributed by atoms with Crippen molar-refractivity contribution in [3.05, 3.63) is 211 Å². The van der Waals surface area contributed by atoms with Gasteiger partial charge in [0.15, 0.2) is 24.8 Å². The molecule has 0 bridgehead atoms. The van der Waals surface area contributed by atoms with Crippen molar-refractivity contribution in [1.29, 1.82) is 0 Å². The lowest BCUT2D eigenvalue weighted by Crippen LogP contribution is -2.33. The number of hydrogen-bond donors (Lipinski definition) is 0. The van der Waals surface area contributed by atoms with Gasteiger partial charge in [-0.15, -0.1) is 0 Å². The third kappa shape index (κ3) is 16.4. The largest absolute Gasteiger partial charge is 0.212 e. The molecule has 0 aliphatic rings. The molecule has 8 rings (SSSR count). The predicted octanol–water partition coefficient (Wildman–Crippen LogP) is 18.7. The molecule has 0 radical (unpaired) electrons. The van der Waals surface area contributed by atoms with Gasteiger partial charge in [-0.25, -0.2) is 18.3 Å². The number of benzene rings is 4. The number of rotatable bonds is 9. The van der Waals surface area contributed by atoms with Crippen molar-refractivity contribution in [2.45, 2.75) is 194 Å². The minimum atomic E-state index is -2.12. The average molecular weight is 1090 g/mol. The van der Waals surface area contributed by atoms with Gasteiger partial charge in [0.25, 0.3) is 0 Å². The van der Waals surface area contributed by atoms with Gasteiger partial charge in [0.2, 0.25) is 22.8 Å². The van der Waals surface area contributed by atoms with Crippen LogP contribution in [0.3, 0.4) is 0 Å². The van der Waals surface area contributed by atoms with Gasteiger partial charge in [0.05, 0.1) is 0 Å². The molecule has 0 aliphatic heterocycles. The first-order valence-electron chi connectivity index (χ1n) is 32.9. The van der Waals surface area contributed by atoms with E-state index in [0.717, 1.165) is 39.2 Å². The van der Waals surface area contributed by atoms with Crippen molar-refractivity contribution in [2.24, 2.45) is 28.2 Å². The van der Waals surface area contributed by atoms with Crippen LogP contribution in [-0.4, -0.2) is 0 Å². The molecule has 430 valence electrons. The van der Waals surface area contributed by atoms with Gasteiger partial charge in [-0.2, -0.15) is 0 Å². The summed E-state index contributed by atoms with van der Waals surface area (Å²) in [7, 11) is 8.21. The minimum Gasteiger partial charge on any atom is -0.201 e. The second-order valence-electron chi connectivity index (χ2n) is 25.5. The van der Waals surface area contributed by atoms with Crippen molar-refractivity contribution in [3.8, 4) is 45.0 Å². The Balaban J connectivity index is 0.000000215. The minimum absolute atomic E-state index is 0.189. The highest BCUT2D eigenvalue weighted by molar-refractivity contribution is 5.66. The summed E-state index contributed by atoms with van der Waals surface area (Å²) in [6.07, 6.45) is 8.45. The van der Waals surface area contributed by atoms with E-state index < -0.39 is 25.5 Å². The van der Waals surface area contributed by atoms with E-state index in [-0.39, 0.29) is 5.41 Å². The zero-order chi connectivity index (χ0) is 66.6. The van der Waals surface area contributed by atoms with Crippen molar-refractivity contribution in [1.82, 2.24) is 0 Å². The lowest BCUT2D eigenvalue weighted by molar-refractivity contribution is -0.661. The standard InChI is InChI=1S/2C20H28N.C19H26N.C18H24N/c2*1-13(2)18-11-20(21(7)12-19(18)14(3)4)17-9-8-15(5)10-16(17)6;1-13-8-9-16(14(2)10-13)18-11-17(19(4,5)6)15(3)12-20(18)7;1-12(2)17-11-19(6)18(10-15(17)5)16-8-7-13(3)9-14(16)4/h2*8-14H,1-7H3;8-12H,1-7H3;7-12H,1-6H3/q4*+1/i13D,14D;;1D3,3D2;. The lowest BCUT2D eigenvalue weighted by atomic mass is 9.83. The molecule has 0 atom stereocenters. The van der Waals surface area contributed by atoms with Crippen molar-refractivity contribution >= 4 is 0 Å². The fourth-order valence-electron chi connectivity index (χ4n) is 11.1. The smallest absolute Gasteiger partial charge is 0.201 e. The topological polar surface area (TPSA) is 15.5 Å². The van der Waals surface area contributed by atoms with Crippen LogP contribution >= 0.6 is 0 Å². The van der Waals surface area contributed by atoms with Crippen LogP contribution in [0.15, 0.2) is 122 Å². The molecule has 4 aromatic heterocycles. The van der Waals surface area contributed by atoms with Gasteiger partial charge >= 0.3 is 0 Å². The quantitative estimate of drug-likeness (QED) is 0.128. The molecule has 4 aromatic carbocycles. The monoisotopic (exact) mass is 1090 g/mol. The summed E-state index contributed by atoms with van der Waals surface area (Å²) in [6.45, 7) is 41.2. The Kier molecular flexibility index (Phi) is 18.7. The van der Waals surface area contributed by atoms with Gasteiger partial charge < -0.3 is 0 Å². The maximum atomic E-state index is 8.52. The number of hydrogen-bond acceptors (Lipinski definition) is 0. The molecule has 4 heterocycles. The molecule has 0 spiro atoms. The second-order valence-corrected chi connectivity index (χ2v) is 25.5. The summed E-state index contributed by atoms with van der Waals surface area (Å²) in [5, 5.41) is 0. The highest BCUT2D eigenvalue weighted by atomic mass is 14.9. The van der Waals surface area contributed by atoms with E-state index in [9.17, 15) is 0 Å². The zero-order valence-corrected chi connectivity index (χ0v) is 54.6. The second kappa shape index (κ2) is 27.5. The van der Waals surface area contributed by atoms with Crippen LogP contribution in [-0.2, 0) is 33.6 Å². The summed E-state index contributed by atoms with van der Waals surface area (Å²) in [5.41, 5.74) is 27.5. The van der Waals surface area contributed by atoms with Crippen LogP contribution in [0.1, 0.15) is 218 Å². The van der Waals surface area contributed by atoms with E-state index in [1.54, 1.807) is 12.1 Å². The fraction of sp³-hybridized carbons (Fsp3) is 0.429. The molecule has 0 amide bonds. The molecule has 0 N–H and O–H groups in total. The molecule has 0 saturated heterocycles. The van der Waals surface area contributed by atoms with Crippen molar-refractivity contribution < 1.29 is 27.9 Å². The van der Waals surface area contributed by atoms with Gasteiger partial charge in [0, 0.05) is 78.4 Å². The third-order valence-electron chi connectivity index (χ3n) is 15.7. The molecule has 0 fully saturated rings. The molecule has 81 heavy (non-hydrogen) atoms. The van der Waals surface area contributed by atoms with Crippen LogP contribution < -0.4 is 18.3 Å². The number of pyridine rings is 4. The fourth-order valence-corrected chi connectivity index (χ4v) is 11.1. The Hall–Kier alpha value is -6.52. The Morgan fingerprint density at radius 3 is 1.04 bits per heavy atom. The first-order chi connectivity index (χ1) is 40.4. The van der Waals surface area contributed by atoms with Gasteiger partial charge in [-0.3, -0.25) is 0 Å². The molecular formula is C77H106N4+4. The zero-order valence-electron chi connectivity index (χ0n) is 61.6. The van der Waals surface area contributed by atoms with E-state index in [0.29, 0.717) is 28.9 Å². The van der Waals surface area contributed by atoms with E-state index in [2.05, 4.69) is 224 Å². The van der Waals surface area contributed by atoms with Gasteiger partial charge in [0.1, 0.15) is 28.2 Å². The molecule has 4 nitrogen and oxygen atoms in total. The molecular weight excluding hydrogens is 981 g/mol. The van der Waals surface area contributed by atoms with E-state index in [1.807, 2.05) is 77.8 Å². The summed E-state index contributed by atoms with van der Waals surface area (Å²) in [6, 6.07) is 33.9. The molecule has 0 saturated carbocycles. The lowest BCUT2D eigenvalue weighted by Gasteiger charge is -2.21. The highest BCUT2D eigenvalue weighted by Gasteiger charge is 2.25. The normalized spacial score (nSPS) is 13.2. The first-order valence-corrected chi connectivity index (χ1v) is 29.3. The summed E-state index contributed by atoms with van der Waals surface area (Å²) < 4.78 is 63.9. The van der Waals surface area contributed by atoms with E-state index in [1.165, 1.54) is 83.7 Å². The molecule has 8 aromatic rings. The summed E-state index contributed by atoms with van der Waals surface area (Å²) in [5.74, 6) is 0.205. The number of nitrogens with zero attached hydrogens (tertiary/aromatic N) is 4. The van der Waals surface area contributed by atoms with Crippen LogP contribution in [0.4, 0.5) is 0 Å². The van der Waals surface area contributed by atoms with Crippen molar-refractivity contribution in [3.63, 3.8) is 0 Å². The summed E-state index contributed by atoms with van der Waals surface area (Å²) >= 11 is 0. The van der Waals surface area contributed by atoms with Crippen LogP contribution in [0.2, 0.25) is 0 Å². The Bertz CT molecular complexity index is 3770. The van der Waals surface area contributed by atoms with Crippen LogP contribution in [0.5, 0.6) is 0 Å². The molecule has 0 unspecified atom stereocenters. The van der Waals surface area contributed by atoms with E-state index in [4.69, 9.17) is 9.60 Å². The Morgan fingerprint density at radius 2 is 0.679 bits per heavy atom. The Labute approximate surface area is 503 Å². The van der Waals surface area contributed by atoms with Crippen LogP contribution in [0.25, 0.3) is 45.0 Å². The SMILES string of the molecule is Cc1ccc(-c2cc(C(C)C)c(C(C)C)c[n+]2C)c(C)c1.Cc1ccc(-c2cc(C)c(C(C)C)c[n+]2C)c(C)c1.[2H]C(C)(C)c1cc(-c2ccc(C)cc2C)[n+](C)cc1C([2H])(C)C.[2H]C([2H])c1c[n+](C)c(-c2ccc(C([2H])([2H])[2H])cc2C)cc1C(C)(C)C. The predicted molar refractivity (Wildman–Crippen MR) is 349 cm³/mol. The number of aryl methyl sites for hydroxylation is 14. The van der Waals surface area contributed by atoms with Crippen LogP contribution in [0, 0.1) is 69.1 Å². The molecule has 0 aliphatic carbocycles. The summed E-state index contributed by atoms with van der Waals surface area (Å²) in [4.78, 5) is 0. The molecule has 4 heteroatoms. The first kappa shape index (κ1) is 55.0. The average Bonchev–Trinajstić information content (AvgIpc) is 1.42. The van der Waals surface area contributed by atoms with Gasteiger partial charge in [-0.1, -0.05) is 161 Å². The van der Waals surface area contributed by atoms with E-state index >= 15 is 0 Å². The van der Waals surface area contributed by atoms with Crippen molar-refractivity contribution in [2.75, 3.05) is 0 Å². The van der Waals surface area contributed by atoms with Gasteiger partial charge in [-0.05, 0) is 173 Å². The Morgan fingerprint density at radius 1 is 0.346 bits per heavy atom. The number of aromatic nitrogens is 4.